The Labute approximate surface area is 202 Å². The van der Waals surface area contributed by atoms with Gasteiger partial charge in [0.2, 0.25) is 21.8 Å². The number of hydrogen-bond donors (Lipinski definition) is 3. The molecule has 0 saturated carbocycles. The second-order valence-electron chi connectivity index (χ2n) is 8.96. The Morgan fingerprint density at radius 2 is 1.56 bits per heavy atom. The van der Waals surface area contributed by atoms with Crippen molar-refractivity contribution in [3.63, 3.8) is 0 Å². The monoisotopic (exact) mass is 495 g/mol. The number of sulfonamides is 1. The first kappa shape index (κ1) is 29.3. The van der Waals surface area contributed by atoms with E-state index >= 15 is 0 Å². The van der Waals surface area contributed by atoms with Gasteiger partial charge in [-0.1, -0.05) is 51.5 Å². The largest absolute Gasteiger partial charge is 0.467 e. The highest BCUT2D eigenvalue weighted by atomic mass is 32.2. The fraction of sp³-hybridized carbons (Fsp3) is 0.542. The first-order valence-corrected chi connectivity index (χ1v) is 12.7. The fourth-order valence-electron chi connectivity index (χ4n) is 3.20. The minimum absolute atomic E-state index is 0.0359. The molecule has 1 aromatic rings. The van der Waals surface area contributed by atoms with E-state index in [0.29, 0.717) is 0 Å². The van der Waals surface area contributed by atoms with Crippen LogP contribution in [0.4, 0.5) is 0 Å². The van der Waals surface area contributed by atoms with E-state index in [4.69, 9.17) is 4.74 Å². The zero-order valence-corrected chi connectivity index (χ0v) is 21.6. The van der Waals surface area contributed by atoms with Crippen LogP contribution < -0.4 is 15.4 Å². The average Bonchev–Trinajstić information content (AvgIpc) is 2.75. The Kier molecular flexibility index (Phi) is 11.4. The maximum Gasteiger partial charge on any atom is 0.328 e. The topological polar surface area (TPSA) is 131 Å². The maximum atomic E-state index is 13.1. The number of methoxy groups -OCH3 is 1. The molecule has 34 heavy (non-hydrogen) atoms. The van der Waals surface area contributed by atoms with Gasteiger partial charge in [0.05, 0.1) is 12.0 Å². The second-order valence-corrected chi connectivity index (χ2v) is 10.7. The Balaban J connectivity index is 3.09. The normalized spacial score (nSPS) is 14.2. The average molecular weight is 496 g/mol. The third-order valence-electron chi connectivity index (χ3n) is 5.11. The predicted octanol–water partition coefficient (Wildman–Crippen LogP) is 2.06. The molecule has 9 nitrogen and oxygen atoms in total. The van der Waals surface area contributed by atoms with Gasteiger partial charge in [-0.3, -0.25) is 9.59 Å². The molecule has 0 radical (unpaired) electrons. The number of hydrogen-bond acceptors (Lipinski definition) is 6. The van der Waals surface area contributed by atoms with Gasteiger partial charge in [0.15, 0.2) is 0 Å². The highest BCUT2D eigenvalue weighted by Crippen LogP contribution is 2.14. The summed E-state index contributed by atoms with van der Waals surface area (Å²) >= 11 is 0. The first-order valence-electron chi connectivity index (χ1n) is 11.2. The molecule has 0 aliphatic rings. The molecule has 0 aliphatic carbocycles. The van der Waals surface area contributed by atoms with Crippen molar-refractivity contribution in [2.75, 3.05) is 7.11 Å². The fourth-order valence-corrected chi connectivity index (χ4v) is 4.55. The molecular formula is C24H37N3O6S. The number of benzene rings is 1. The Morgan fingerprint density at radius 3 is 2.03 bits per heavy atom. The van der Waals surface area contributed by atoms with Crippen LogP contribution in [-0.2, 0) is 29.1 Å². The summed E-state index contributed by atoms with van der Waals surface area (Å²) in [5.74, 6) is -2.19. The van der Waals surface area contributed by atoms with Crippen LogP contribution in [0.5, 0.6) is 0 Å². The van der Waals surface area contributed by atoms with Crippen molar-refractivity contribution in [2.45, 2.75) is 70.5 Å². The van der Waals surface area contributed by atoms with E-state index in [1.807, 2.05) is 20.8 Å². The smallest absolute Gasteiger partial charge is 0.328 e. The van der Waals surface area contributed by atoms with Crippen molar-refractivity contribution in [3.8, 4) is 0 Å². The molecule has 0 aliphatic heterocycles. The molecule has 1 rings (SSSR count). The van der Waals surface area contributed by atoms with Crippen LogP contribution in [0, 0.1) is 18.8 Å². The van der Waals surface area contributed by atoms with Gasteiger partial charge in [0, 0.05) is 0 Å². The van der Waals surface area contributed by atoms with Gasteiger partial charge in [-0.2, -0.15) is 4.72 Å². The molecule has 190 valence electrons. The molecule has 0 bridgehead atoms. The summed E-state index contributed by atoms with van der Waals surface area (Å²) < 4.78 is 32.9. The van der Waals surface area contributed by atoms with E-state index in [1.54, 1.807) is 26.0 Å². The second kappa shape index (κ2) is 13.2. The summed E-state index contributed by atoms with van der Waals surface area (Å²) in [6.45, 7) is 12.6. The Hall–Kier alpha value is -2.72. The molecule has 0 saturated heterocycles. The van der Waals surface area contributed by atoms with Crippen molar-refractivity contribution < 1.29 is 27.5 Å². The molecular weight excluding hydrogens is 458 g/mol. The van der Waals surface area contributed by atoms with Crippen LogP contribution in [0.15, 0.2) is 41.8 Å². The number of carbonyl (C=O) groups excluding carboxylic acids is 3. The van der Waals surface area contributed by atoms with Crippen LogP contribution >= 0.6 is 0 Å². The minimum atomic E-state index is -3.97. The summed E-state index contributed by atoms with van der Waals surface area (Å²) in [6, 6.07) is 3.24. The Bertz CT molecular complexity index is 957. The molecule has 0 aromatic heterocycles. The van der Waals surface area contributed by atoms with Gasteiger partial charge in [-0.05, 0) is 43.7 Å². The van der Waals surface area contributed by atoms with Gasteiger partial charge in [0.1, 0.15) is 18.1 Å². The SMILES string of the molecule is C=CC[C@@H](NC(=O)[C@H](CC(C)C)NC(=O)[C@@H](NS(=O)(=O)c1ccc(C)cc1)C(C)C)C(=O)OC. The standard InChI is InChI=1S/C24H37N3O6S/c1-8-9-19(24(30)33-7)25-22(28)20(14-15(2)3)26-23(29)21(16(4)5)27-34(31,32)18-12-10-17(6)11-13-18/h8,10-13,15-16,19-21,27H,1,9,14H2,2-7H3,(H,25,28)(H,26,29)/t19-,20+,21+/m1/s1. The highest BCUT2D eigenvalue weighted by Gasteiger charge is 2.33. The van der Waals surface area contributed by atoms with Crippen molar-refractivity contribution in [1.29, 1.82) is 0 Å². The molecule has 0 spiro atoms. The number of rotatable bonds is 13. The molecule has 0 heterocycles. The highest BCUT2D eigenvalue weighted by molar-refractivity contribution is 7.89. The van der Waals surface area contributed by atoms with Crippen LogP contribution in [-0.4, -0.2) is 51.4 Å². The van der Waals surface area contributed by atoms with E-state index in [9.17, 15) is 22.8 Å². The summed E-state index contributed by atoms with van der Waals surface area (Å²) in [5.41, 5.74) is 0.904. The van der Waals surface area contributed by atoms with E-state index in [1.165, 1.54) is 25.3 Å². The summed E-state index contributed by atoms with van der Waals surface area (Å²) in [6.07, 6.45) is 1.92. The van der Waals surface area contributed by atoms with Gasteiger partial charge in [-0.25, -0.2) is 13.2 Å². The molecule has 3 N–H and O–H groups in total. The zero-order valence-electron chi connectivity index (χ0n) is 20.8. The number of esters is 1. The van der Waals surface area contributed by atoms with Crippen molar-refractivity contribution >= 4 is 27.8 Å². The third kappa shape index (κ3) is 8.90. The molecule has 2 amide bonds. The summed E-state index contributed by atoms with van der Waals surface area (Å²) in [4.78, 5) is 38.1. The number of amides is 2. The molecule has 0 fully saturated rings. The van der Waals surface area contributed by atoms with Gasteiger partial charge < -0.3 is 15.4 Å². The van der Waals surface area contributed by atoms with E-state index < -0.39 is 51.9 Å². The maximum absolute atomic E-state index is 13.1. The van der Waals surface area contributed by atoms with Crippen molar-refractivity contribution in [1.82, 2.24) is 15.4 Å². The van der Waals surface area contributed by atoms with Crippen molar-refractivity contribution in [2.24, 2.45) is 11.8 Å². The lowest BCUT2D eigenvalue weighted by Gasteiger charge is -2.27. The number of ether oxygens (including phenoxy) is 1. The van der Waals surface area contributed by atoms with Crippen molar-refractivity contribution in [3.05, 3.63) is 42.5 Å². The lowest BCUT2D eigenvalue weighted by Crippen LogP contribution is -2.57. The predicted molar refractivity (Wildman–Crippen MR) is 130 cm³/mol. The van der Waals surface area contributed by atoms with E-state index in [-0.39, 0.29) is 23.7 Å². The Morgan fingerprint density at radius 1 is 1.00 bits per heavy atom. The number of nitrogens with one attached hydrogen (secondary N) is 3. The van der Waals surface area contributed by atoms with E-state index in [0.717, 1.165) is 5.56 Å². The lowest BCUT2D eigenvalue weighted by molar-refractivity contribution is -0.145. The minimum Gasteiger partial charge on any atom is -0.467 e. The van der Waals surface area contributed by atoms with Gasteiger partial charge in [-0.15, -0.1) is 6.58 Å². The molecule has 0 unspecified atom stereocenters. The van der Waals surface area contributed by atoms with Gasteiger partial charge in [0.25, 0.3) is 0 Å². The molecule has 1 aromatic carbocycles. The van der Waals surface area contributed by atoms with Crippen LogP contribution in [0.1, 0.15) is 46.1 Å². The van der Waals surface area contributed by atoms with Crippen LogP contribution in [0.25, 0.3) is 0 Å². The quantitative estimate of drug-likeness (QED) is 0.284. The molecule has 10 heteroatoms. The van der Waals surface area contributed by atoms with Crippen LogP contribution in [0.3, 0.4) is 0 Å². The first-order chi connectivity index (χ1) is 15.8. The lowest BCUT2D eigenvalue weighted by atomic mass is 10.00. The summed E-state index contributed by atoms with van der Waals surface area (Å²) in [7, 11) is -2.76. The zero-order chi connectivity index (χ0) is 26.1. The number of aryl methyl sites for hydroxylation is 1. The summed E-state index contributed by atoms with van der Waals surface area (Å²) in [5, 5.41) is 5.25. The number of carbonyl (C=O) groups is 3. The molecule has 3 atom stereocenters. The van der Waals surface area contributed by atoms with Crippen LogP contribution in [0.2, 0.25) is 0 Å². The third-order valence-corrected chi connectivity index (χ3v) is 6.56. The van der Waals surface area contributed by atoms with Gasteiger partial charge >= 0.3 is 5.97 Å². The van der Waals surface area contributed by atoms with E-state index in [2.05, 4.69) is 21.9 Å².